The molecule has 162 valence electrons. The van der Waals surface area contributed by atoms with Gasteiger partial charge >= 0.3 is 0 Å². The van der Waals surface area contributed by atoms with Gasteiger partial charge in [-0.25, -0.2) is 5.43 Å². The van der Waals surface area contributed by atoms with Crippen molar-refractivity contribution >= 4 is 23.0 Å². The summed E-state index contributed by atoms with van der Waals surface area (Å²) >= 11 is 0. The van der Waals surface area contributed by atoms with E-state index in [-0.39, 0.29) is 5.91 Å². The smallest absolute Gasteiger partial charge is 0.271 e. The first kappa shape index (κ1) is 21.2. The predicted molar refractivity (Wildman–Crippen MR) is 127 cm³/mol. The van der Waals surface area contributed by atoms with Gasteiger partial charge in [-0.2, -0.15) is 5.10 Å². The lowest BCUT2D eigenvalue weighted by Crippen LogP contribution is -2.17. The maximum absolute atomic E-state index is 12.6. The standard InChI is InChI=1S/C26H25N3O3/c1-18-8-4-5-9-19(18)16-29-17-21(24-10-6-7-11-25(24)29)15-27-28-26(30)20-12-22(31-2)14-23(13-20)32-3/h4-15,17H,16H2,1-3H3,(H,28,30)/b27-15-. The van der Waals surface area contributed by atoms with Gasteiger partial charge in [-0.05, 0) is 36.2 Å². The van der Waals surface area contributed by atoms with Crippen molar-refractivity contribution in [3.8, 4) is 11.5 Å². The van der Waals surface area contributed by atoms with Gasteiger partial charge in [-0.15, -0.1) is 0 Å². The number of aryl methyl sites for hydroxylation is 1. The molecular formula is C26H25N3O3. The van der Waals surface area contributed by atoms with Gasteiger partial charge in [0.05, 0.1) is 20.4 Å². The minimum absolute atomic E-state index is 0.345. The summed E-state index contributed by atoms with van der Waals surface area (Å²) in [6.07, 6.45) is 3.73. The molecule has 3 aromatic carbocycles. The SMILES string of the molecule is COc1cc(OC)cc(C(=O)N/N=C\c2cn(Cc3ccccc3C)c3ccccc23)c1. The van der Waals surface area contributed by atoms with Gasteiger partial charge in [0.25, 0.3) is 5.91 Å². The van der Waals surface area contributed by atoms with E-state index >= 15 is 0 Å². The van der Waals surface area contributed by atoms with Crippen LogP contribution in [0.1, 0.15) is 27.0 Å². The number of nitrogens with zero attached hydrogens (tertiary/aromatic N) is 2. The zero-order valence-corrected chi connectivity index (χ0v) is 18.3. The van der Waals surface area contributed by atoms with Crippen LogP contribution < -0.4 is 14.9 Å². The first-order valence-corrected chi connectivity index (χ1v) is 10.3. The summed E-state index contributed by atoms with van der Waals surface area (Å²) in [6.45, 7) is 2.88. The lowest BCUT2D eigenvalue weighted by molar-refractivity contribution is 0.0954. The third-order valence-electron chi connectivity index (χ3n) is 5.40. The molecule has 1 amide bonds. The number of para-hydroxylation sites is 1. The van der Waals surface area contributed by atoms with Gasteiger partial charge < -0.3 is 14.0 Å². The highest BCUT2D eigenvalue weighted by molar-refractivity contribution is 6.00. The lowest BCUT2D eigenvalue weighted by Gasteiger charge is -2.08. The summed E-state index contributed by atoms with van der Waals surface area (Å²) in [5.74, 6) is 0.734. The number of fused-ring (bicyclic) bond motifs is 1. The molecule has 1 N–H and O–H groups in total. The number of amides is 1. The van der Waals surface area contributed by atoms with Crippen LogP contribution in [0.5, 0.6) is 11.5 Å². The third kappa shape index (κ3) is 4.49. The Labute approximate surface area is 187 Å². The molecule has 0 atom stereocenters. The zero-order valence-electron chi connectivity index (χ0n) is 18.3. The van der Waals surface area contributed by atoms with E-state index in [1.54, 1.807) is 38.6 Å². The van der Waals surface area contributed by atoms with Crippen molar-refractivity contribution in [3.63, 3.8) is 0 Å². The number of aromatic nitrogens is 1. The highest BCUT2D eigenvalue weighted by atomic mass is 16.5. The van der Waals surface area contributed by atoms with Crippen LogP contribution >= 0.6 is 0 Å². The van der Waals surface area contributed by atoms with Crippen LogP contribution in [0.15, 0.2) is 78.0 Å². The Bertz CT molecular complexity index is 1270. The van der Waals surface area contributed by atoms with Gasteiger partial charge in [0, 0.05) is 40.8 Å². The summed E-state index contributed by atoms with van der Waals surface area (Å²) in [7, 11) is 3.09. The summed E-state index contributed by atoms with van der Waals surface area (Å²) in [4.78, 5) is 12.6. The number of benzene rings is 3. The molecule has 0 aliphatic heterocycles. The molecule has 32 heavy (non-hydrogen) atoms. The molecule has 6 nitrogen and oxygen atoms in total. The second kappa shape index (κ2) is 9.39. The topological polar surface area (TPSA) is 64.8 Å². The lowest BCUT2D eigenvalue weighted by atomic mass is 10.1. The van der Waals surface area contributed by atoms with Gasteiger partial charge in [0.2, 0.25) is 0 Å². The second-order valence-electron chi connectivity index (χ2n) is 7.46. The molecule has 4 rings (SSSR count). The Kier molecular flexibility index (Phi) is 6.22. The second-order valence-corrected chi connectivity index (χ2v) is 7.46. The van der Waals surface area contributed by atoms with E-state index in [0.29, 0.717) is 17.1 Å². The van der Waals surface area contributed by atoms with E-state index in [4.69, 9.17) is 9.47 Å². The van der Waals surface area contributed by atoms with Crippen molar-refractivity contribution in [2.75, 3.05) is 14.2 Å². The van der Waals surface area contributed by atoms with Crippen molar-refractivity contribution in [3.05, 3.63) is 95.2 Å². The molecule has 0 fully saturated rings. The molecule has 1 aromatic heterocycles. The molecule has 0 aliphatic carbocycles. The summed E-state index contributed by atoms with van der Waals surface area (Å²) < 4.78 is 12.7. The zero-order chi connectivity index (χ0) is 22.5. The molecule has 4 aromatic rings. The van der Waals surface area contributed by atoms with Crippen LogP contribution in [0.4, 0.5) is 0 Å². The number of rotatable bonds is 7. The highest BCUT2D eigenvalue weighted by Gasteiger charge is 2.11. The Morgan fingerprint density at radius 2 is 1.69 bits per heavy atom. The van der Waals surface area contributed by atoms with Crippen molar-refractivity contribution in [1.82, 2.24) is 9.99 Å². The Hall–Kier alpha value is -4.06. The van der Waals surface area contributed by atoms with Crippen LogP contribution in [-0.4, -0.2) is 30.9 Å². The van der Waals surface area contributed by atoms with Crippen LogP contribution in [0.25, 0.3) is 10.9 Å². The number of ether oxygens (including phenoxy) is 2. The van der Waals surface area contributed by atoms with Crippen molar-refractivity contribution < 1.29 is 14.3 Å². The van der Waals surface area contributed by atoms with Gasteiger partial charge in [0.15, 0.2) is 0 Å². The van der Waals surface area contributed by atoms with Crippen molar-refractivity contribution in [2.45, 2.75) is 13.5 Å². The molecule has 0 saturated carbocycles. The highest BCUT2D eigenvalue weighted by Crippen LogP contribution is 2.23. The molecule has 1 heterocycles. The number of nitrogens with one attached hydrogen (secondary N) is 1. The van der Waals surface area contributed by atoms with E-state index in [1.165, 1.54) is 11.1 Å². The third-order valence-corrected chi connectivity index (χ3v) is 5.40. The normalized spacial score (nSPS) is 11.1. The quantitative estimate of drug-likeness (QED) is 0.341. The predicted octanol–water partition coefficient (Wildman–Crippen LogP) is 4.78. The Balaban J connectivity index is 1.57. The number of methoxy groups -OCH3 is 2. The number of hydrazone groups is 1. The minimum Gasteiger partial charge on any atom is -0.497 e. The van der Waals surface area contributed by atoms with Crippen molar-refractivity contribution in [1.29, 1.82) is 0 Å². The van der Waals surface area contributed by atoms with E-state index in [1.807, 2.05) is 18.2 Å². The van der Waals surface area contributed by atoms with Crippen LogP contribution in [0.3, 0.4) is 0 Å². The summed E-state index contributed by atoms with van der Waals surface area (Å²) in [5, 5.41) is 5.27. The molecule has 0 aliphatic rings. The monoisotopic (exact) mass is 427 g/mol. The van der Waals surface area contributed by atoms with Gasteiger partial charge in [-0.3, -0.25) is 4.79 Å². The summed E-state index contributed by atoms with van der Waals surface area (Å²) in [5.41, 5.74) is 7.55. The Morgan fingerprint density at radius 1 is 1.00 bits per heavy atom. The van der Waals surface area contributed by atoms with E-state index in [0.717, 1.165) is 23.0 Å². The number of carbonyl (C=O) groups excluding carboxylic acids is 1. The minimum atomic E-state index is -0.345. The molecule has 0 saturated heterocycles. The fraction of sp³-hybridized carbons (Fsp3) is 0.154. The number of hydrogen-bond acceptors (Lipinski definition) is 4. The summed E-state index contributed by atoms with van der Waals surface area (Å²) in [6, 6.07) is 21.5. The van der Waals surface area contributed by atoms with Crippen LogP contribution in [0, 0.1) is 6.92 Å². The van der Waals surface area contributed by atoms with E-state index < -0.39 is 0 Å². The largest absolute Gasteiger partial charge is 0.497 e. The average Bonchev–Trinajstić information content (AvgIpc) is 3.17. The van der Waals surface area contributed by atoms with Gasteiger partial charge in [-0.1, -0.05) is 42.5 Å². The first-order valence-electron chi connectivity index (χ1n) is 10.3. The molecular weight excluding hydrogens is 402 g/mol. The fourth-order valence-corrected chi connectivity index (χ4v) is 3.64. The average molecular weight is 428 g/mol. The number of carbonyl (C=O) groups is 1. The van der Waals surface area contributed by atoms with Crippen LogP contribution in [-0.2, 0) is 6.54 Å². The molecule has 6 heteroatoms. The van der Waals surface area contributed by atoms with E-state index in [9.17, 15) is 4.79 Å². The first-order chi connectivity index (χ1) is 15.6. The fourth-order valence-electron chi connectivity index (χ4n) is 3.64. The van der Waals surface area contributed by atoms with E-state index in [2.05, 4.69) is 58.5 Å². The molecule has 0 bridgehead atoms. The Morgan fingerprint density at radius 3 is 2.41 bits per heavy atom. The molecule has 0 radical (unpaired) electrons. The van der Waals surface area contributed by atoms with Crippen molar-refractivity contribution in [2.24, 2.45) is 5.10 Å². The van der Waals surface area contributed by atoms with Gasteiger partial charge in [0.1, 0.15) is 11.5 Å². The molecule has 0 unspecified atom stereocenters. The van der Waals surface area contributed by atoms with Crippen LogP contribution in [0.2, 0.25) is 0 Å². The maximum Gasteiger partial charge on any atom is 0.271 e. The number of hydrogen-bond donors (Lipinski definition) is 1. The molecule has 0 spiro atoms. The maximum atomic E-state index is 12.6.